The van der Waals surface area contributed by atoms with E-state index in [1.165, 1.54) is 0 Å². The van der Waals surface area contributed by atoms with Crippen molar-refractivity contribution in [3.8, 4) is 17.3 Å². The summed E-state index contributed by atoms with van der Waals surface area (Å²) >= 11 is 0. The molecule has 0 bridgehead atoms. The third kappa shape index (κ3) is 1.97. The second-order valence-electron chi connectivity index (χ2n) is 5.50. The van der Waals surface area contributed by atoms with E-state index in [9.17, 15) is 0 Å². The molecule has 4 aromatic heterocycles. The number of nitrogens with zero attached hydrogens (tertiary/aromatic N) is 6. The van der Waals surface area contributed by atoms with Gasteiger partial charge in [-0.3, -0.25) is 9.08 Å². The number of pyridine rings is 1. The summed E-state index contributed by atoms with van der Waals surface area (Å²) in [6.07, 6.45) is 3.74. The molecule has 116 valence electrons. The van der Waals surface area contributed by atoms with Gasteiger partial charge in [0.2, 0.25) is 5.88 Å². The van der Waals surface area contributed by atoms with Crippen molar-refractivity contribution in [2.45, 2.75) is 13.8 Å². The first-order chi connectivity index (χ1) is 11.1. The molecule has 0 fully saturated rings. The largest absolute Gasteiger partial charge is 0.481 e. The smallest absolute Gasteiger partial charge is 0.215 e. The number of ether oxygens (including phenoxy) is 1. The Kier molecular flexibility index (Phi) is 2.84. The van der Waals surface area contributed by atoms with E-state index < -0.39 is 0 Å². The highest BCUT2D eigenvalue weighted by Crippen LogP contribution is 2.28. The van der Waals surface area contributed by atoms with Crippen LogP contribution in [0.3, 0.4) is 0 Å². The lowest BCUT2D eigenvalue weighted by molar-refractivity contribution is 0.399. The Labute approximate surface area is 132 Å². The fourth-order valence-corrected chi connectivity index (χ4v) is 2.91. The number of hydrogen-bond donors (Lipinski definition) is 0. The standard InChI is InChI=1S/C16H16N6O/c1-9-14-10(2)19-15(11-7-17-21(3)8-11)22(14)16-12(18-9)5-6-13(20-16)23-4/h5-8H,1-4H3. The summed E-state index contributed by atoms with van der Waals surface area (Å²) in [4.78, 5) is 14.0. The summed E-state index contributed by atoms with van der Waals surface area (Å²) in [6, 6.07) is 3.73. The molecule has 4 heterocycles. The number of rotatable bonds is 2. The van der Waals surface area contributed by atoms with Crippen LogP contribution in [-0.2, 0) is 7.05 Å². The third-order valence-corrected chi connectivity index (χ3v) is 3.90. The molecular weight excluding hydrogens is 292 g/mol. The lowest BCUT2D eigenvalue weighted by Gasteiger charge is -2.08. The molecule has 7 heteroatoms. The summed E-state index contributed by atoms with van der Waals surface area (Å²) in [6.45, 7) is 3.97. The number of methoxy groups -OCH3 is 1. The fraction of sp³-hybridized carbons (Fsp3) is 0.250. The van der Waals surface area contributed by atoms with Crippen molar-refractivity contribution in [1.82, 2.24) is 29.1 Å². The van der Waals surface area contributed by atoms with E-state index in [1.54, 1.807) is 18.0 Å². The van der Waals surface area contributed by atoms with E-state index >= 15 is 0 Å². The fourth-order valence-electron chi connectivity index (χ4n) is 2.91. The van der Waals surface area contributed by atoms with Crippen molar-refractivity contribution in [2.24, 2.45) is 7.05 Å². The van der Waals surface area contributed by atoms with Crippen LogP contribution in [0, 0.1) is 13.8 Å². The van der Waals surface area contributed by atoms with E-state index in [0.717, 1.165) is 39.5 Å². The molecule has 0 aliphatic carbocycles. The van der Waals surface area contributed by atoms with Crippen LogP contribution in [0.1, 0.15) is 11.4 Å². The van der Waals surface area contributed by atoms with Crippen molar-refractivity contribution < 1.29 is 4.74 Å². The Morgan fingerprint density at radius 3 is 2.52 bits per heavy atom. The maximum absolute atomic E-state index is 5.27. The highest BCUT2D eigenvalue weighted by Gasteiger charge is 2.18. The van der Waals surface area contributed by atoms with Gasteiger partial charge in [-0.15, -0.1) is 0 Å². The van der Waals surface area contributed by atoms with Gasteiger partial charge in [0.05, 0.1) is 35.8 Å². The zero-order valence-electron chi connectivity index (χ0n) is 13.4. The lowest BCUT2D eigenvalue weighted by atomic mass is 10.3. The van der Waals surface area contributed by atoms with E-state index in [1.807, 2.05) is 43.6 Å². The summed E-state index contributed by atoms with van der Waals surface area (Å²) in [5.41, 5.74) is 5.27. The van der Waals surface area contributed by atoms with Crippen LogP contribution in [0.25, 0.3) is 28.1 Å². The van der Waals surface area contributed by atoms with Crippen molar-refractivity contribution in [3.05, 3.63) is 35.9 Å². The van der Waals surface area contributed by atoms with Gasteiger partial charge >= 0.3 is 0 Å². The minimum Gasteiger partial charge on any atom is -0.481 e. The van der Waals surface area contributed by atoms with Gasteiger partial charge in [0.1, 0.15) is 11.3 Å². The second-order valence-corrected chi connectivity index (χ2v) is 5.50. The Hall–Kier alpha value is -2.96. The van der Waals surface area contributed by atoms with E-state index in [-0.39, 0.29) is 0 Å². The molecule has 0 aliphatic rings. The monoisotopic (exact) mass is 308 g/mol. The molecule has 0 unspecified atom stereocenters. The molecule has 0 spiro atoms. The zero-order valence-corrected chi connectivity index (χ0v) is 13.4. The first-order valence-corrected chi connectivity index (χ1v) is 7.28. The topological polar surface area (TPSA) is 70.1 Å². The summed E-state index contributed by atoms with van der Waals surface area (Å²) in [7, 11) is 3.49. The van der Waals surface area contributed by atoms with Gasteiger partial charge in [-0.05, 0) is 19.9 Å². The zero-order chi connectivity index (χ0) is 16.1. The number of aromatic nitrogens is 6. The molecule has 0 atom stereocenters. The van der Waals surface area contributed by atoms with Crippen LogP contribution in [0.5, 0.6) is 5.88 Å². The van der Waals surface area contributed by atoms with E-state index in [4.69, 9.17) is 9.72 Å². The van der Waals surface area contributed by atoms with Crippen LogP contribution in [-0.4, -0.2) is 36.2 Å². The third-order valence-electron chi connectivity index (χ3n) is 3.90. The van der Waals surface area contributed by atoms with Crippen molar-refractivity contribution in [1.29, 1.82) is 0 Å². The predicted octanol–water partition coefficient (Wildman–Crippen LogP) is 2.30. The van der Waals surface area contributed by atoms with Gasteiger partial charge in [-0.2, -0.15) is 10.1 Å². The van der Waals surface area contributed by atoms with Gasteiger partial charge in [0, 0.05) is 19.3 Å². The summed E-state index contributed by atoms with van der Waals surface area (Å²) < 4.78 is 9.06. The molecule has 0 saturated heterocycles. The Balaban J connectivity index is 2.19. The minimum atomic E-state index is 0.549. The second kappa shape index (κ2) is 4.77. The highest BCUT2D eigenvalue weighted by atomic mass is 16.5. The molecule has 23 heavy (non-hydrogen) atoms. The Bertz CT molecular complexity index is 1050. The lowest BCUT2D eigenvalue weighted by Crippen LogP contribution is -2.00. The maximum Gasteiger partial charge on any atom is 0.215 e. The molecule has 0 aromatic carbocycles. The van der Waals surface area contributed by atoms with E-state index in [2.05, 4.69) is 15.1 Å². The number of hydrogen-bond acceptors (Lipinski definition) is 5. The molecule has 0 radical (unpaired) electrons. The number of imidazole rings is 1. The highest BCUT2D eigenvalue weighted by molar-refractivity contribution is 5.81. The van der Waals surface area contributed by atoms with Gasteiger partial charge in [0.15, 0.2) is 5.65 Å². The van der Waals surface area contributed by atoms with Crippen LogP contribution >= 0.6 is 0 Å². The molecule has 0 N–H and O–H groups in total. The Morgan fingerprint density at radius 1 is 1.04 bits per heavy atom. The van der Waals surface area contributed by atoms with Crippen molar-refractivity contribution in [3.63, 3.8) is 0 Å². The summed E-state index contributed by atoms with van der Waals surface area (Å²) in [5.74, 6) is 1.36. The molecule has 0 amide bonds. The number of aryl methyl sites for hydroxylation is 3. The first kappa shape index (κ1) is 13.7. The van der Waals surface area contributed by atoms with Crippen LogP contribution in [0.4, 0.5) is 0 Å². The molecular formula is C16H16N6O. The maximum atomic E-state index is 5.27. The van der Waals surface area contributed by atoms with Gasteiger partial charge in [0.25, 0.3) is 0 Å². The van der Waals surface area contributed by atoms with Gasteiger partial charge in [-0.25, -0.2) is 9.97 Å². The van der Waals surface area contributed by atoms with Crippen molar-refractivity contribution in [2.75, 3.05) is 7.11 Å². The van der Waals surface area contributed by atoms with Crippen LogP contribution in [0.2, 0.25) is 0 Å². The molecule has 4 aromatic rings. The minimum absolute atomic E-state index is 0.549. The average Bonchev–Trinajstić information content (AvgIpc) is 3.11. The summed E-state index contributed by atoms with van der Waals surface area (Å²) in [5, 5.41) is 4.25. The predicted molar refractivity (Wildman–Crippen MR) is 86.5 cm³/mol. The van der Waals surface area contributed by atoms with Gasteiger partial charge in [-0.1, -0.05) is 0 Å². The molecule has 0 saturated carbocycles. The SMILES string of the molecule is COc1ccc2nc(C)c3c(C)nc(-c4cnn(C)c4)n3c2n1. The Morgan fingerprint density at radius 2 is 1.83 bits per heavy atom. The molecule has 0 aliphatic heterocycles. The quantitative estimate of drug-likeness (QED) is 0.568. The average molecular weight is 308 g/mol. The van der Waals surface area contributed by atoms with Crippen LogP contribution < -0.4 is 4.74 Å². The number of fused-ring (bicyclic) bond motifs is 3. The molecule has 7 nitrogen and oxygen atoms in total. The first-order valence-electron chi connectivity index (χ1n) is 7.28. The molecule has 4 rings (SSSR count). The normalized spacial score (nSPS) is 11.5. The van der Waals surface area contributed by atoms with Crippen LogP contribution in [0.15, 0.2) is 24.5 Å². The van der Waals surface area contributed by atoms with Gasteiger partial charge < -0.3 is 4.74 Å². The van der Waals surface area contributed by atoms with E-state index in [0.29, 0.717) is 5.88 Å². The van der Waals surface area contributed by atoms with Crippen molar-refractivity contribution >= 4 is 16.7 Å².